The Kier molecular flexibility index (Phi) is 25.2. The summed E-state index contributed by atoms with van der Waals surface area (Å²) in [7, 11) is 0. The first kappa shape index (κ1) is 54.1. The number of allylic oxidation sites excluding steroid dienone is 2. The van der Waals surface area contributed by atoms with Crippen molar-refractivity contribution in [3.63, 3.8) is 0 Å². The zero-order chi connectivity index (χ0) is 40.1. The molecule has 0 aromatic carbocycles. The van der Waals surface area contributed by atoms with Crippen LogP contribution in [0.2, 0.25) is 0 Å². The summed E-state index contributed by atoms with van der Waals surface area (Å²) >= 11 is 0. The molecule has 354 valence electrons. The molecule has 0 saturated heterocycles. The first-order valence-corrected chi connectivity index (χ1v) is 27.6. The summed E-state index contributed by atoms with van der Waals surface area (Å²) in [5, 5.41) is 0. The first-order chi connectivity index (χ1) is 27.9. The van der Waals surface area contributed by atoms with E-state index in [1.807, 2.05) is 25.0 Å². The van der Waals surface area contributed by atoms with E-state index in [4.69, 9.17) is 0 Å². The quantitative estimate of drug-likeness (QED) is 0.153. The molecule has 14 atom stereocenters. The number of hydrogen-bond acceptors (Lipinski definition) is 0. The highest BCUT2D eigenvalue weighted by atomic mass is 14.5. The summed E-state index contributed by atoms with van der Waals surface area (Å²) in [6, 6.07) is 0. The van der Waals surface area contributed by atoms with Crippen LogP contribution >= 0.6 is 0 Å². The molecule has 0 aromatic rings. The van der Waals surface area contributed by atoms with Gasteiger partial charge < -0.3 is 0 Å². The average molecular weight is 836 g/mol. The second-order valence-electron chi connectivity index (χ2n) is 23.1. The van der Waals surface area contributed by atoms with Gasteiger partial charge in [-0.3, -0.25) is 0 Å². The van der Waals surface area contributed by atoms with Gasteiger partial charge in [0.2, 0.25) is 0 Å². The van der Waals surface area contributed by atoms with E-state index >= 15 is 0 Å². The minimum Gasteiger partial charge on any atom is -0.0776 e. The smallest absolute Gasteiger partial charge is 0.0286 e. The summed E-state index contributed by atoms with van der Waals surface area (Å²) < 4.78 is 0. The van der Waals surface area contributed by atoms with E-state index in [9.17, 15) is 0 Å². The van der Waals surface area contributed by atoms with Crippen LogP contribution in [0.4, 0.5) is 0 Å². The molecule has 0 heterocycles. The molecule has 5 saturated carbocycles. The third-order valence-corrected chi connectivity index (χ3v) is 19.8. The van der Waals surface area contributed by atoms with Crippen molar-refractivity contribution in [2.45, 2.75) is 283 Å². The first-order valence-electron chi connectivity index (χ1n) is 27.6. The molecule has 2 bridgehead atoms. The predicted octanol–water partition coefficient (Wildman–Crippen LogP) is 20.5. The Morgan fingerprint density at radius 1 is 0.517 bits per heavy atom. The third-order valence-electron chi connectivity index (χ3n) is 19.8. The predicted molar refractivity (Wildman–Crippen MR) is 272 cm³/mol. The zero-order valence-electron chi connectivity index (χ0n) is 40.0. The molecule has 60 heavy (non-hydrogen) atoms. The van der Waals surface area contributed by atoms with E-state index in [0.29, 0.717) is 0 Å². The highest BCUT2D eigenvalue weighted by Crippen LogP contribution is 2.53. The van der Waals surface area contributed by atoms with Crippen molar-refractivity contribution < 1.29 is 0 Å². The van der Waals surface area contributed by atoms with Crippen LogP contribution in [0.25, 0.3) is 0 Å². The van der Waals surface area contributed by atoms with Crippen molar-refractivity contribution in [1.82, 2.24) is 0 Å². The minimum atomic E-state index is 0. The maximum Gasteiger partial charge on any atom is -0.0286 e. The Morgan fingerprint density at radius 2 is 1.12 bits per heavy atom. The normalized spacial score (nSPS) is 35.9. The van der Waals surface area contributed by atoms with Gasteiger partial charge in [0.25, 0.3) is 0 Å². The van der Waals surface area contributed by atoms with E-state index in [0.717, 1.165) is 88.8 Å². The molecule has 0 N–H and O–H groups in total. The summed E-state index contributed by atoms with van der Waals surface area (Å²) in [6.45, 7) is 17.1. The second kappa shape index (κ2) is 27.9. The van der Waals surface area contributed by atoms with Gasteiger partial charge in [0, 0.05) is 0 Å². The number of fused-ring (bicyclic) bond motifs is 3. The van der Waals surface area contributed by atoms with Crippen LogP contribution in [0.3, 0.4) is 0 Å². The van der Waals surface area contributed by atoms with Crippen LogP contribution in [0.1, 0.15) is 283 Å². The van der Waals surface area contributed by atoms with Crippen LogP contribution in [-0.4, -0.2) is 0 Å². The minimum absolute atomic E-state index is 0. The van der Waals surface area contributed by atoms with E-state index in [1.54, 1.807) is 83.5 Å². The van der Waals surface area contributed by atoms with Crippen LogP contribution in [-0.2, 0) is 0 Å². The SMILES string of the molecule is C.C.C.CC.CCC(CCC(C)C(CC)C1CCCCC1C1CCCC1)CC(C)CCC1CC2=C(CCC3CCC(C)CC1C3)CC(C1CCCC3CCCCCC31)CC2. The molecule has 0 heteroatoms. The topological polar surface area (TPSA) is 0 Å². The molecule has 7 rings (SSSR count). The highest BCUT2D eigenvalue weighted by molar-refractivity contribution is 5.20. The third kappa shape index (κ3) is 14.6. The lowest BCUT2D eigenvalue weighted by Gasteiger charge is -2.44. The summed E-state index contributed by atoms with van der Waals surface area (Å²) in [6.07, 6.45) is 50.5. The molecule has 0 aliphatic heterocycles. The highest BCUT2D eigenvalue weighted by Gasteiger charge is 2.41. The van der Waals surface area contributed by atoms with Gasteiger partial charge in [-0.15, -0.1) is 0 Å². The van der Waals surface area contributed by atoms with E-state index in [2.05, 4.69) is 34.6 Å². The van der Waals surface area contributed by atoms with Gasteiger partial charge in [0.05, 0.1) is 0 Å². The molecule has 0 spiro atoms. The molecule has 7 aliphatic carbocycles. The molecular formula is C60H114. The van der Waals surface area contributed by atoms with E-state index in [-0.39, 0.29) is 22.3 Å². The summed E-state index contributed by atoms with van der Waals surface area (Å²) in [4.78, 5) is 0. The van der Waals surface area contributed by atoms with Crippen molar-refractivity contribution in [3.8, 4) is 0 Å². The van der Waals surface area contributed by atoms with Gasteiger partial charge in [0.1, 0.15) is 0 Å². The molecular weight excluding hydrogens is 721 g/mol. The summed E-state index contributed by atoms with van der Waals surface area (Å²) in [5.74, 6) is 15.2. The molecule has 0 nitrogen and oxygen atoms in total. The Bertz CT molecular complexity index is 1140. The molecule has 0 amide bonds. The fraction of sp³-hybridized carbons (Fsp3) is 0.967. The van der Waals surface area contributed by atoms with Crippen LogP contribution in [0, 0.1) is 88.8 Å². The van der Waals surface area contributed by atoms with Crippen LogP contribution in [0.15, 0.2) is 11.1 Å². The van der Waals surface area contributed by atoms with Crippen molar-refractivity contribution in [1.29, 1.82) is 0 Å². The van der Waals surface area contributed by atoms with Crippen LogP contribution in [0.5, 0.6) is 0 Å². The van der Waals surface area contributed by atoms with E-state index in [1.165, 1.54) is 128 Å². The standard InChI is InChI=1S/C55H96.C2H6.3CH4/c1-6-42(28-26-41(5)51(7-2)55-22-14-13-21-53(55)44-17-11-12-18-44)34-39(3)25-30-48-37-47-32-33-49(54-23-15-19-45-16-9-8-10-20-52(45)54)38-46(47)31-29-43-27-24-40(4)35-50(48)36-43;1-2;;;/h39-45,48-55H,6-38H2,1-5H3;1-2H3;3*1H4. The Morgan fingerprint density at radius 3 is 1.87 bits per heavy atom. The van der Waals surface area contributed by atoms with Gasteiger partial charge in [0.15, 0.2) is 0 Å². The molecule has 0 radical (unpaired) electrons. The van der Waals surface area contributed by atoms with E-state index < -0.39 is 0 Å². The maximum absolute atomic E-state index is 2.70. The Labute approximate surface area is 381 Å². The molecule has 7 aliphatic rings. The molecule has 0 aromatic heterocycles. The van der Waals surface area contributed by atoms with Crippen LogP contribution < -0.4 is 0 Å². The molecule has 5 fully saturated rings. The maximum atomic E-state index is 2.70. The fourth-order valence-corrected chi connectivity index (χ4v) is 16.6. The molecule has 14 unspecified atom stereocenters. The van der Waals surface area contributed by atoms with Gasteiger partial charge in [-0.25, -0.2) is 0 Å². The zero-order valence-corrected chi connectivity index (χ0v) is 40.0. The Balaban J connectivity index is 0.00000189. The lowest BCUT2D eigenvalue weighted by molar-refractivity contribution is 0.0719. The number of hydrogen-bond donors (Lipinski definition) is 0. The van der Waals surface area contributed by atoms with Gasteiger partial charge >= 0.3 is 0 Å². The van der Waals surface area contributed by atoms with Gasteiger partial charge in [-0.2, -0.15) is 0 Å². The summed E-state index contributed by atoms with van der Waals surface area (Å²) in [5.41, 5.74) is 4.07. The second-order valence-corrected chi connectivity index (χ2v) is 23.1. The lowest BCUT2D eigenvalue weighted by atomic mass is 9.61. The van der Waals surface area contributed by atoms with Crippen molar-refractivity contribution >= 4 is 0 Å². The van der Waals surface area contributed by atoms with Crippen molar-refractivity contribution in [2.75, 3.05) is 0 Å². The largest absolute Gasteiger partial charge is 0.0776 e. The monoisotopic (exact) mass is 835 g/mol. The Hall–Kier alpha value is -0.260. The fourth-order valence-electron chi connectivity index (χ4n) is 16.6. The van der Waals surface area contributed by atoms with Crippen molar-refractivity contribution in [2.24, 2.45) is 88.8 Å². The van der Waals surface area contributed by atoms with Crippen molar-refractivity contribution in [3.05, 3.63) is 11.1 Å². The van der Waals surface area contributed by atoms with Gasteiger partial charge in [-0.05, 0) is 179 Å². The van der Waals surface area contributed by atoms with Gasteiger partial charge in [-0.1, -0.05) is 204 Å². The lowest BCUT2D eigenvalue weighted by Crippen LogP contribution is -2.34. The number of rotatable bonds is 14. The average Bonchev–Trinajstić information content (AvgIpc) is 3.60.